The number of nitrogens with zero attached hydrogens (tertiary/aromatic N) is 1. The van der Waals surface area contributed by atoms with Crippen LogP contribution >= 0.6 is 0 Å². The van der Waals surface area contributed by atoms with Crippen LogP contribution in [0, 0.1) is 5.92 Å². The van der Waals surface area contributed by atoms with Crippen molar-refractivity contribution in [2.45, 2.75) is 26.2 Å². The molecule has 116 valence electrons. The van der Waals surface area contributed by atoms with Crippen molar-refractivity contribution in [2.75, 3.05) is 33.3 Å². The fourth-order valence-electron chi connectivity index (χ4n) is 2.83. The van der Waals surface area contributed by atoms with Gasteiger partial charge < -0.3 is 10.1 Å². The first-order valence-corrected chi connectivity index (χ1v) is 7.79. The third-order valence-corrected chi connectivity index (χ3v) is 4.00. The van der Waals surface area contributed by atoms with Crippen LogP contribution in [0.15, 0.2) is 24.3 Å². The Balaban J connectivity index is 1.66. The van der Waals surface area contributed by atoms with E-state index < -0.39 is 0 Å². The molecule has 2 rings (SSSR count). The molecule has 4 heteroatoms. The van der Waals surface area contributed by atoms with E-state index in [4.69, 9.17) is 4.74 Å². The molecule has 1 fully saturated rings. The molecule has 0 saturated carbocycles. The average Bonchev–Trinajstić information content (AvgIpc) is 2.48. The van der Waals surface area contributed by atoms with Crippen LogP contribution in [0.4, 0.5) is 0 Å². The molecule has 1 aliphatic rings. The molecule has 1 heterocycles. The van der Waals surface area contributed by atoms with E-state index in [1.807, 2.05) is 24.3 Å². The minimum absolute atomic E-state index is 0.137. The van der Waals surface area contributed by atoms with Crippen LogP contribution in [0.5, 0.6) is 5.75 Å². The molecule has 0 radical (unpaired) electrons. The molecule has 4 nitrogen and oxygen atoms in total. The number of nitrogens with one attached hydrogen (secondary N) is 1. The summed E-state index contributed by atoms with van der Waals surface area (Å²) in [6.45, 7) is 5.58. The molecule has 1 aromatic carbocycles. The molecule has 1 atom stereocenters. The van der Waals surface area contributed by atoms with Gasteiger partial charge in [0, 0.05) is 13.1 Å². The highest BCUT2D eigenvalue weighted by Crippen LogP contribution is 2.14. The minimum atomic E-state index is 0.137. The molecule has 0 aromatic heterocycles. The van der Waals surface area contributed by atoms with Gasteiger partial charge in [0.05, 0.1) is 13.7 Å². The van der Waals surface area contributed by atoms with Gasteiger partial charge in [-0.05, 0) is 49.4 Å². The molecule has 1 aromatic rings. The number of carbonyl (C=O) groups excluding carboxylic acids is 1. The van der Waals surface area contributed by atoms with E-state index >= 15 is 0 Å². The van der Waals surface area contributed by atoms with Crippen molar-refractivity contribution < 1.29 is 9.53 Å². The maximum Gasteiger partial charge on any atom is 0.234 e. The summed E-state index contributed by atoms with van der Waals surface area (Å²) in [6, 6.07) is 7.98. The molecule has 1 amide bonds. The molecule has 1 unspecified atom stereocenters. The summed E-state index contributed by atoms with van der Waals surface area (Å²) in [5.41, 5.74) is 1.21. The summed E-state index contributed by atoms with van der Waals surface area (Å²) < 4.78 is 5.13. The molecular weight excluding hydrogens is 264 g/mol. The predicted octanol–water partition coefficient (Wildman–Crippen LogP) is 2.09. The van der Waals surface area contributed by atoms with E-state index in [-0.39, 0.29) is 5.91 Å². The van der Waals surface area contributed by atoms with Crippen molar-refractivity contribution in [2.24, 2.45) is 5.92 Å². The Morgan fingerprint density at radius 1 is 1.38 bits per heavy atom. The van der Waals surface area contributed by atoms with Crippen LogP contribution in [0.25, 0.3) is 0 Å². The SMILES string of the molecule is COc1ccc(CCNC(=O)CN2CCCC(C)C2)cc1. The van der Waals surface area contributed by atoms with Gasteiger partial charge in [-0.1, -0.05) is 19.1 Å². The van der Waals surface area contributed by atoms with Crippen LogP contribution in [0.2, 0.25) is 0 Å². The number of likely N-dealkylation sites (tertiary alicyclic amines) is 1. The van der Waals surface area contributed by atoms with E-state index in [1.165, 1.54) is 18.4 Å². The Bertz CT molecular complexity index is 445. The number of benzene rings is 1. The number of piperidine rings is 1. The van der Waals surface area contributed by atoms with E-state index in [0.717, 1.165) is 25.3 Å². The van der Waals surface area contributed by atoms with E-state index in [9.17, 15) is 4.79 Å². The van der Waals surface area contributed by atoms with Gasteiger partial charge in [-0.2, -0.15) is 0 Å². The van der Waals surface area contributed by atoms with Crippen molar-refractivity contribution in [3.63, 3.8) is 0 Å². The van der Waals surface area contributed by atoms with Crippen molar-refractivity contribution in [3.8, 4) is 5.75 Å². The zero-order valence-electron chi connectivity index (χ0n) is 13.1. The van der Waals surface area contributed by atoms with Crippen LogP contribution in [0.3, 0.4) is 0 Å². The zero-order chi connectivity index (χ0) is 15.1. The van der Waals surface area contributed by atoms with E-state index in [1.54, 1.807) is 7.11 Å². The van der Waals surface area contributed by atoms with Crippen LogP contribution in [0.1, 0.15) is 25.3 Å². The van der Waals surface area contributed by atoms with E-state index in [2.05, 4.69) is 17.1 Å². The van der Waals surface area contributed by atoms with E-state index in [0.29, 0.717) is 19.0 Å². The third-order valence-electron chi connectivity index (χ3n) is 4.00. The summed E-state index contributed by atoms with van der Waals surface area (Å²) in [7, 11) is 1.66. The lowest BCUT2D eigenvalue weighted by Gasteiger charge is -2.30. The predicted molar refractivity (Wildman–Crippen MR) is 84.5 cm³/mol. The lowest BCUT2D eigenvalue weighted by molar-refractivity contribution is -0.122. The second-order valence-corrected chi connectivity index (χ2v) is 5.93. The summed E-state index contributed by atoms with van der Waals surface area (Å²) in [6.07, 6.45) is 3.35. The Hall–Kier alpha value is -1.55. The number of methoxy groups -OCH3 is 1. The molecule has 21 heavy (non-hydrogen) atoms. The average molecular weight is 290 g/mol. The van der Waals surface area contributed by atoms with Gasteiger partial charge >= 0.3 is 0 Å². The first-order valence-electron chi connectivity index (χ1n) is 7.79. The number of hydrogen-bond donors (Lipinski definition) is 1. The fourth-order valence-corrected chi connectivity index (χ4v) is 2.83. The van der Waals surface area contributed by atoms with Gasteiger partial charge in [0.1, 0.15) is 5.75 Å². The van der Waals surface area contributed by atoms with Crippen molar-refractivity contribution in [1.29, 1.82) is 0 Å². The number of rotatable bonds is 6. The maximum atomic E-state index is 11.9. The third kappa shape index (κ3) is 5.38. The number of amides is 1. The molecule has 0 bridgehead atoms. The lowest BCUT2D eigenvalue weighted by atomic mass is 10.0. The standard InChI is InChI=1S/C17H26N2O2/c1-14-4-3-11-19(12-14)13-17(20)18-10-9-15-5-7-16(21-2)8-6-15/h5-8,14H,3-4,9-13H2,1-2H3,(H,18,20). The summed E-state index contributed by atoms with van der Waals surface area (Å²) in [5, 5.41) is 3.01. The van der Waals surface area contributed by atoms with Crippen LogP contribution < -0.4 is 10.1 Å². The molecule has 1 N–H and O–H groups in total. The highest BCUT2D eigenvalue weighted by molar-refractivity contribution is 5.78. The van der Waals surface area contributed by atoms with Crippen LogP contribution in [-0.2, 0) is 11.2 Å². The molecule has 0 aliphatic carbocycles. The summed E-state index contributed by atoms with van der Waals surface area (Å²) in [4.78, 5) is 14.2. The zero-order valence-corrected chi connectivity index (χ0v) is 13.1. The van der Waals surface area contributed by atoms with Crippen molar-refractivity contribution in [3.05, 3.63) is 29.8 Å². The van der Waals surface area contributed by atoms with Gasteiger partial charge in [-0.25, -0.2) is 0 Å². The fraction of sp³-hybridized carbons (Fsp3) is 0.588. The van der Waals surface area contributed by atoms with Crippen molar-refractivity contribution in [1.82, 2.24) is 10.2 Å². The molecule has 1 saturated heterocycles. The number of carbonyl (C=O) groups is 1. The monoisotopic (exact) mass is 290 g/mol. The Morgan fingerprint density at radius 3 is 2.81 bits per heavy atom. The van der Waals surface area contributed by atoms with Crippen molar-refractivity contribution >= 4 is 5.91 Å². The molecule has 0 spiro atoms. The van der Waals surface area contributed by atoms with Crippen LogP contribution in [-0.4, -0.2) is 44.1 Å². The topological polar surface area (TPSA) is 41.6 Å². The lowest BCUT2D eigenvalue weighted by Crippen LogP contribution is -2.42. The van der Waals surface area contributed by atoms with Gasteiger partial charge in [0.15, 0.2) is 0 Å². The van der Waals surface area contributed by atoms with Gasteiger partial charge in [0.2, 0.25) is 5.91 Å². The normalized spacial score (nSPS) is 19.2. The maximum absolute atomic E-state index is 11.9. The smallest absolute Gasteiger partial charge is 0.234 e. The summed E-state index contributed by atoms with van der Waals surface area (Å²) >= 11 is 0. The quantitative estimate of drug-likeness (QED) is 0.872. The first-order chi connectivity index (χ1) is 10.2. The highest BCUT2D eigenvalue weighted by Gasteiger charge is 2.18. The Kier molecular flexibility index (Phi) is 6.05. The molecular formula is C17H26N2O2. The minimum Gasteiger partial charge on any atom is -0.497 e. The Labute approximate surface area is 127 Å². The first kappa shape index (κ1) is 15.8. The largest absolute Gasteiger partial charge is 0.497 e. The molecule has 1 aliphatic heterocycles. The summed E-state index contributed by atoms with van der Waals surface area (Å²) in [5.74, 6) is 1.71. The second-order valence-electron chi connectivity index (χ2n) is 5.93. The van der Waals surface area contributed by atoms with Gasteiger partial charge in [0.25, 0.3) is 0 Å². The number of ether oxygens (including phenoxy) is 1. The van der Waals surface area contributed by atoms with Gasteiger partial charge in [-0.3, -0.25) is 9.69 Å². The number of hydrogen-bond acceptors (Lipinski definition) is 3. The Morgan fingerprint density at radius 2 is 2.14 bits per heavy atom. The van der Waals surface area contributed by atoms with Gasteiger partial charge in [-0.15, -0.1) is 0 Å². The second kappa shape index (κ2) is 8.03. The highest BCUT2D eigenvalue weighted by atomic mass is 16.5.